The van der Waals surface area contributed by atoms with E-state index in [9.17, 15) is 4.79 Å². The third kappa shape index (κ3) is 3.30. The molecule has 1 amide bonds. The minimum Gasteiger partial charge on any atom is -0.368 e. The molecule has 0 radical (unpaired) electrons. The first-order valence-corrected chi connectivity index (χ1v) is 8.98. The topological polar surface area (TPSA) is 41.4 Å². The molecule has 0 spiro atoms. The Morgan fingerprint density at radius 2 is 1.65 bits per heavy atom. The van der Waals surface area contributed by atoms with Crippen LogP contribution in [-0.4, -0.2) is 46.5 Å². The van der Waals surface area contributed by atoms with E-state index >= 15 is 0 Å². The van der Waals surface area contributed by atoms with Crippen LogP contribution in [0, 0.1) is 0 Å². The fourth-order valence-electron chi connectivity index (χ4n) is 3.25. The Morgan fingerprint density at radius 3 is 2.38 bits per heavy atom. The van der Waals surface area contributed by atoms with E-state index in [4.69, 9.17) is 11.6 Å². The van der Waals surface area contributed by atoms with Gasteiger partial charge in [-0.15, -0.1) is 0 Å². The van der Waals surface area contributed by atoms with E-state index in [0.717, 1.165) is 29.5 Å². The Bertz CT molecular complexity index is 901. The predicted octanol–water partition coefficient (Wildman–Crippen LogP) is 3.49. The second-order valence-corrected chi connectivity index (χ2v) is 6.68. The maximum Gasteiger partial charge on any atom is 0.272 e. The van der Waals surface area contributed by atoms with Gasteiger partial charge >= 0.3 is 0 Å². The average Bonchev–Trinajstić information content (AvgIpc) is 3.18. The second-order valence-electron chi connectivity index (χ2n) is 6.24. The normalized spacial score (nSPS) is 14.5. The van der Waals surface area contributed by atoms with Crippen LogP contribution in [0.3, 0.4) is 0 Å². The van der Waals surface area contributed by atoms with Gasteiger partial charge in [0.1, 0.15) is 5.69 Å². The van der Waals surface area contributed by atoms with Gasteiger partial charge in [-0.3, -0.25) is 9.36 Å². The zero-order chi connectivity index (χ0) is 17.9. The lowest BCUT2D eigenvalue weighted by Gasteiger charge is -2.36. The van der Waals surface area contributed by atoms with E-state index < -0.39 is 0 Å². The van der Waals surface area contributed by atoms with Crippen molar-refractivity contribution in [1.82, 2.24) is 14.5 Å². The molecule has 132 valence electrons. The molecule has 1 fully saturated rings. The van der Waals surface area contributed by atoms with E-state index in [2.05, 4.69) is 9.88 Å². The van der Waals surface area contributed by atoms with Crippen molar-refractivity contribution >= 4 is 23.2 Å². The zero-order valence-corrected chi connectivity index (χ0v) is 15.0. The van der Waals surface area contributed by atoms with Gasteiger partial charge in [0.05, 0.1) is 12.5 Å². The first kappa shape index (κ1) is 16.7. The molecule has 0 N–H and O–H groups in total. The van der Waals surface area contributed by atoms with Gasteiger partial charge in [0.15, 0.2) is 0 Å². The number of nitrogens with zero attached hydrogens (tertiary/aromatic N) is 4. The zero-order valence-electron chi connectivity index (χ0n) is 14.3. The summed E-state index contributed by atoms with van der Waals surface area (Å²) in [4.78, 5) is 21.3. The average molecular weight is 367 g/mol. The van der Waals surface area contributed by atoms with E-state index in [1.54, 1.807) is 12.5 Å². The molecule has 0 saturated carbocycles. The summed E-state index contributed by atoms with van der Waals surface area (Å²) in [6.07, 6.45) is 3.32. The Hall–Kier alpha value is -2.79. The number of hydrogen-bond donors (Lipinski definition) is 0. The van der Waals surface area contributed by atoms with Crippen LogP contribution >= 0.6 is 11.6 Å². The van der Waals surface area contributed by atoms with Crippen molar-refractivity contribution in [3.05, 3.63) is 77.8 Å². The molecule has 3 aromatic rings. The lowest BCUT2D eigenvalue weighted by Crippen LogP contribution is -2.49. The Labute approximate surface area is 157 Å². The highest BCUT2D eigenvalue weighted by atomic mass is 35.5. The molecular formula is C20H19ClN4O. The number of anilines is 1. The molecule has 5 nitrogen and oxygen atoms in total. The molecule has 6 heteroatoms. The highest BCUT2D eigenvalue weighted by Crippen LogP contribution is 2.21. The van der Waals surface area contributed by atoms with Crippen LogP contribution in [0.5, 0.6) is 0 Å². The largest absolute Gasteiger partial charge is 0.368 e. The quantitative estimate of drug-likeness (QED) is 0.712. The lowest BCUT2D eigenvalue weighted by molar-refractivity contribution is 0.0738. The molecule has 1 aliphatic rings. The van der Waals surface area contributed by atoms with Gasteiger partial charge in [-0.05, 0) is 30.3 Å². The number of carbonyl (C=O) groups excluding carboxylic acids is 1. The summed E-state index contributed by atoms with van der Waals surface area (Å²) in [5.74, 6) is 0.0112. The third-order valence-corrected chi connectivity index (χ3v) is 4.87. The van der Waals surface area contributed by atoms with Crippen molar-refractivity contribution < 1.29 is 4.79 Å². The molecule has 1 saturated heterocycles. The number of imidazole rings is 1. The standard InChI is InChI=1S/C20H19ClN4O/c21-16-5-4-8-18(13-16)23-9-11-24(12-10-23)20(26)19-14-22-15-25(19)17-6-2-1-3-7-17/h1-8,13-15H,9-12H2. The van der Waals surface area contributed by atoms with Gasteiger partial charge in [0.2, 0.25) is 0 Å². The van der Waals surface area contributed by atoms with Crippen LogP contribution in [0.2, 0.25) is 5.02 Å². The third-order valence-electron chi connectivity index (χ3n) is 4.63. The minimum absolute atomic E-state index is 0.0112. The number of halogens is 1. The van der Waals surface area contributed by atoms with E-state index in [1.807, 2.05) is 64.1 Å². The molecular weight excluding hydrogens is 348 g/mol. The Morgan fingerprint density at radius 1 is 0.923 bits per heavy atom. The molecule has 0 unspecified atom stereocenters. The molecule has 0 atom stereocenters. The molecule has 0 aliphatic carbocycles. The monoisotopic (exact) mass is 366 g/mol. The summed E-state index contributed by atoms with van der Waals surface area (Å²) < 4.78 is 1.84. The van der Waals surface area contributed by atoms with Crippen molar-refractivity contribution in [2.24, 2.45) is 0 Å². The minimum atomic E-state index is 0.0112. The van der Waals surface area contributed by atoms with Crippen LogP contribution < -0.4 is 4.90 Å². The van der Waals surface area contributed by atoms with Crippen LogP contribution in [0.1, 0.15) is 10.5 Å². The molecule has 1 aromatic heterocycles. The van der Waals surface area contributed by atoms with Crippen LogP contribution in [-0.2, 0) is 0 Å². The SMILES string of the molecule is O=C(c1cncn1-c1ccccc1)N1CCN(c2cccc(Cl)c2)CC1. The first-order valence-electron chi connectivity index (χ1n) is 8.60. The number of carbonyl (C=O) groups is 1. The molecule has 2 aromatic carbocycles. The van der Waals surface area contributed by atoms with Crippen molar-refractivity contribution in [3.63, 3.8) is 0 Å². The first-order chi connectivity index (χ1) is 12.7. The number of aromatic nitrogens is 2. The van der Waals surface area contributed by atoms with Gasteiger partial charge in [0, 0.05) is 42.6 Å². The van der Waals surface area contributed by atoms with Gasteiger partial charge in [0.25, 0.3) is 5.91 Å². The number of hydrogen-bond acceptors (Lipinski definition) is 3. The van der Waals surface area contributed by atoms with Gasteiger partial charge in [-0.1, -0.05) is 35.9 Å². The van der Waals surface area contributed by atoms with E-state index in [1.165, 1.54) is 0 Å². The number of para-hydroxylation sites is 1. The maximum absolute atomic E-state index is 13.0. The highest BCUT2D eigenvalue weighted by molar-refractivity contribution is 6.30. The van der Waals surface area contributed by atoms with Crippen molar-refractivity contribution in [2.45, 2.75) is 0 Å². The number of benzene rings is 2. The molecule has 4 rings (SSSR count). The summed E-state index contributed by atoms with van der Waals surface area (Å²) in [7, 11) is 0. The summed E-state index contributed by atoms with van der Waals surface area (Å²) >= 11 is 6.09. The molecule has 0 bridgehead atoms. The van der Waals surface area contributed by atoms with E-state index in [-0.39, 0.29) is 5.91 Å². The number of piperazine rings is 1. The summed E-state index contributed by atoms with van der Waals surface area (Å²) in [6, 6.07) is 17.6. The fourth-order valence-corrected chi connectivity index (χ4v) is 3.43. The van der Waals surface area contributed by atoms with Crippen molar-refractivity contribution in [1.29, 1.82) is 0 Å². The molecule has 2 heterocycles. The second kappa shape index (κ2) is 7.22. The Kier molecular flexibility index (Phi) is 4.63. The summed E-state index contributed by atoms with van der Waals surface area (Å²) in [5, 5.41) is 0.729. The van der Waals surface area contributed by atoms with Crippen molar-refractivity contribution in [3.8, 4) is 5.69 Å². The Balaban J connectivity index is 1.47. The van der Waals surface area contributed by atoms with E-state index in [0.29, 0.717) is 18.8 Å². The maximum atomic E-state index is 13.0. The molecule has 26 heavy (non-hydrogen) atoms. The predicted molar refractivity (Wildman–Crippen MR) is 103 cm³/mol. The van der Waals surface area contributed by atoms with Crippen molar-refractivity contribution in [2.75, 3.05) is 31.1 Å². The van der Waals surface area contributed by atoms with Crippen LogP contribution in [0.4, 0.5) is 5.69 Å². The summed E-state index contributed by atoms with van der Waals surface area (Å²) in [5.41, 5.74) is 2.62. The van der Waals surface area contributed by atoms with Gasteiger partial charge < -0.3 is 9.80 Å². The number of rotatable bonds is 3. The van der Waals surface area contributed by atoms with Crippen LogP contribution in [0.15, 0.2) is 67.1 Å². The summed E-state index contributed by atoms with van der Waals surface area (Å²) in [6.45, 7) is 2.91. The molecule has 1 aliphatic heterocycles. The van der Waals surface area contributed by atoms with Gasteiger partial charge in [-0.25, -0.2) is 4.98 Å². The van der Waals surface area contributed by atoms with Gasteiger partial charge in [-0.2, -0.15) is 0 Å². The van der Waals surface area contributed by atoms with Crippen LogP contribution in [0.25, 0.3) is 5.69 Å². The number of amides is 1. The highest BCUT2D eigenvalue weighted by Gasteiger charge is 2.24. The fraction of sp³-hybridized carbons (Fsp3) is 0.200. The smallest absolute Gasteiger partial charge is 0.272 e. The lowest BCUT2D eigenvalue weighted by atomic mass is 10.2.